The van der Waals surface area contributed by atoms with Gasteiger partial charge in [0.25, 0.3) is 0 Å². The van der Waals surface area contributed by atoms with E-state index in [1.54, 1.807) is 6.07 Å². The Kier molecular flexibility index (Phi) is 4.95. The second-order valence-corrected chi connectivity index (χ2v) is 4.95. The van der Waals surface area contributed by atoms with E-state index in [9.17, 15) is 4.39 Å². The molecule has 1 fully saturated rings. The maximum absolute atomic E-state index is 13.2. The van der Waals surface area contributed by atoms with Gasteiger partial charge in [0.15, 0.2) is 0 Å². The van der Waals surface area contributed by atoms with Gasteiger partial charge in [-0.3, -0.25) is 4.90 Å². The monoisotopic (exact) mass is 273 g/mol. The van der Waals surface area contributed by atoms with Gasteiger partial charge >= 0.3 is 0 Å². The van der Waals surface area contributed by atoms with Crippen molar-refractivity contribution in [3.05, 3.63) is 34.6 Å². The molecule has 1 aromatic rings. The van der Waals surface area contributed by atoms with Crippen molar-refractivity contribution in [1.29, 1.82) is 0 Å². The highest BCUT2D eigenvalue weighted by atomic mass is 35.5. The fourth-order valence-electron chi connectivity index (χ4n) is 2.20. The van der Waals surface area contributed by atoms with E-state index in [0.29, 0.717) is 24.6 Å². The van der Waals surface area contributed by atoms with Crippen molar-refractivity contribution in [2.45, 2.75) is 19.1 Å². The number of ether oxygens (including phenoxy) is 1. The van der Waals surface area contributed by atoms with E-state index in [1.165, 1.54) is 12.1 Å². The van der Waals surface area contributed by atoms with Crippen LogP contribution in [-0.4, -0.2) is 42.4 Å². The molecule has 0 amide bonds. The number of hydrogen-bond donors (Lipinski definition) is 1. The Morgan fingerprint density at radius 2 is 2.28 bits per heavy atom. The molecular weight excluding hydrogens is 257 g/mol. The third-order valence-electron chi connectivity index (χ3n) is 3.00. The summed E-state index contributed by atoms with van der Waals surface area (Å²) in [6, 6.07) is 4.59. The maximum atomic E-state index is 13.2. The molecule has 1 N–H and O–H groups in total. The van der Waals surface area contributed by atoms with Crippen molar-refractivity contribution < 1.29 is 14.2 Å². The van der Waals surface area contributed by atoms with Crippen molar-refractivity contribution in [2.24, 2.45) is 0 Å². The summed E-state index contributed by atoms with van der Waals surface area (Å²) >= 11 is 5.83. The number of halogens is 2. The lowest BCUT2D eigenvalue weighted by molar-refractivity contribution is -0.0407. The lowest BCUT2D eigenvalue weighted by atomic mass is 10.1. The summed E-state index contributed by atoms with van der Waals surface area (Å²) in [7, 11) is 0. The third-order valence-corrected chi connectivity index (χ3v) is 3.22. The Morgan fingerprint density at radius 3 is 3.00 bits per heavy atom. The molecule has 0 bridgehead atoms. The highest BCUT2D eigenvalue weighted by molar-refractivity contribution is 6.30. The van der Waals surface area contributed by atoms with E-state index in [4.69, 9.17) is 21.4 Å². The lowest BCUT2D eigenvalue weighted by Gasteiger charge is -2.32. The van der Waals surface area contributed by atoms with Crippen LogP contribution in [0.2, 0.25) is 5.02 Å². The fraction of sp³-hybridized carbons (Fsp3) is 0.538. The van der Waals surface area contributed by atoms with Crippen LogP contribution in [0.3, 0.4) is 0 Å². The van der Waals surface area contributed by atoms with Crippen molar-refractivity contribution >= 4 is 11.6 Å². The molecule has 3 nitrogen and oxygen atoms in total. The molecule has 2 rings (SSSR count). The largest absolute Gasteiger partial charge is 0.396 e. The molecule has 18 heavy (non-hydrogen) atoms. The molecule has 1 atom stereocenters. The average Bonchev–Trinajstić information content (AvgIpc) is 2.28. The Labute approximate surface area is 111 Å². The van der Waals surface area contributed by atoms with Crippen molar-refractivity contribution in [2.75, 3.05) is 26.3 Å². The lowest BCUT2D eigenvalue weighted by Crippen LogP contribution is -2.42. The molecular formula is C13H17ClFNO2. The number of benzene rings is 1. The summed E-state index contributed by atoms with van der Waals surface area (Å²) in [6.07, 6.45) is 0.702. The van der Waals surface area contributed by atoms with Crippen LogP contribution in [0.4, 0.5) is 4.39 Å². The zero-order valence-corrected chi connectivity index (χ0v) is 10.9. The van der Waals surface area contributed by atoms with Gasteiger partial charge in [-0.25, -0.2) is 4.39 Å². The predicted octanol–water partition coefficient (Wildman–Crippen LogP) is 2.06. The molecule has 1 saturated heterocycles. The van der Waals surface area contributed by atoms with Crippen LogP contribution in [0.1, 0.15) is 12.0 Å². The Morgan fingerprint density at radius 1 is 1.44 bits per heavy atom. The van der Waals surface area contributed by atoms with Crippen molar-refractivity contribution in [1.82, 2.24) is 4.90 Å². The minimum Gasteiger partial charge on any atom is -0.396 e. The van der Waals surface area contributed by atoms with E-state index in [1.807, 2.05) is 0 Å². The minimum atomic E-state index is -0.308. The summed E-state index contributed by atoms with van der Waals surface area (Å²) in [5.41, 5.74) is 0.865. The number of aliphatic hydroxyl groups is 1. The Bertz CT molecular complexity index is 380. The number of nitrogens with zero attached hydrogens (tertiary/aromatic N) is 1. The van der Waals surface area contributed by atoms with Gasteiger partial charge in [-0.15, -0.1) is 0 Å². The number of hydrogen-bond acceptors (Lipinski definition) is 3. The van der Waals surface area contributed by atoms with Crippen LogP contribution in [-0.2, 0) is 11.3 Å². The third kappa shape index (κ3) is 3.92. The summed E-state index contributed by atoms with van der Waals surface area (Å²) in [5, 5.41) is 9.32. The van der Waals surface area contributed by atoms with Gasteiger partial charge in [0.1, 0.15) is 5.82 Å². The smallest absolute Gasteiger partial charge is 0.125 e. The Balaban J connectivity index is 1.95. The highest BCUT2D eigenvalue weighted by Crippen LogP contribution is 2.17. The van der Waals surface area contributed by atoms with Gasteiger partial charge in [-0.05, 0) is 30.2 Å². The summed E-state index contributed by atoms with van der Waals surface area (Å²) in [6.45, 7) is 3.01. The molecule has 100 valence electrons. The molecule has 0 spiro atoms. The maximum Gasteiger partial charge on any atom is 0.125 e. The van der Waals surface area contributed by atoms with Crippen LogP contribution < -0.4 is 0 Å². The summed E-state index contributed by atoms with van der Waals surface area (Å²) < 4.78 is 18.8. The zero-order chi connectivity index (χ0) is 13.0. The molecule has 0 radical (unpaired) electrons. The van der Waals surface area contributed by atoms with Gasteiger partial charge in [0.2, 0.25) is 0 Å². The molecule has 0 aromatic heterocycles. The molecule has 0 saturated carbocycles. The average molecular weight is 274 g/mol. The standard InChI is InChI=1S/C13H17ClFNO2/c14-11-5-10(6-12(15)7-11)8-16-2-4-18-13(9-16)1-3-17/h5-7,13,17H,1-4,8-9H2. The highest BCUT2D eigenvalue weighted by Gasteiger charge is 2.20. The van der Waals surface area contributed by atoms with Gasteiger partial charge in [0.05, 0.1) is 12.7 Å². The van der Waals surface area contributed by atoms with Gasteiger partial charge in [0, 0.05) is 31.3 Å². The zero-order valence-electron chi connectivity index (χ0n) is 10.1. The van der Waals surface area contributed by atoms with Crippen LogP contribution in [0.15, 0.2) is 18.2 Å². The van der Waals surface area contributed by atoms with E-state index < -0.39 is 0 Å². The van der Waals surface area contributed by atoms with E-state index >= 15 is 0 Å². The molecule has 1 heterocycles. The first kappa shape index (κ1) is 13.7. The minimum absolute atomic E-state index is 0.0628. The molecule has 1 aliphatic heterocycles. The molecule has 1 aliphatic rings. The van der Waals surface area contributed by atoms with Crippen molar-refractivity contribution in [3.8, 4) is 0 Å². The first-order chi connectivity index (χ1) is 8.67. The van der Waals surface area contributed by atoms with Crippen LogP contribution in [0.25, 0.3) is 0 Å². The first-order valence-electron chi connectivity index (χ1n) is 6.07. The van der Waals surface area contributed by atoms with Gasteiger partial charge in [-0.1, -0.05) is 11.6 Å². The predicted molar refractivity (Wildman–Crippen MR) is 68.1 cm³/mol. The molecule has 5 heteroatoms. The van der Waals surface area contributed by atoms with Crippen molar-refractivity contribution in [3.63, 3.8) is 0 Å². The summed E-state index contributed by atoms with van der Waals surface area (Å²) in [4.78, 5) is 2.19. The number of rotatable bonds is 4. The number of morpholine rings is 1. The van der Waals surface area contributed by atoms with Crippen LogP contribution in [0, 0.1) is 5.82 Å². The summed E-state index contributed by atoms with van der Waals surface area (Å²) in [5.74, 6) is -0.308. The quantitative estimate of drug-likeness (QED) is 0.912. The first-order valence-corrected chi connectivity index (χ1v) is 6.45. The topological polar surface area (TPSA) is 32.7 Å². The van der Waals surface area contributed by atoms with Gasteiger partial charge in [-0.2, -0.15) is 0 Å². The number of aliphatic hydroxyl groups excluding tert-OH is 1. The van der Waals surface area contributed by atoms with E-state index in [-0.39, 0.29) is 18.5 Å². The van der Waals surface area contributed by atoms with E-state index in [0.717, 1.165) is 18.7 Å². The van der Waals surface area contributed by atoms with Crippen LogP contribution in [0.5, 0.6) is 0 Å². The SMILES string of the molecule is OCCC1CN(Cc2cc(F)cc(Cl)c2)CCO1. The second-order valence-electron chi connectivity index (χ2n) is 4.52. The molecule has 1 unspecified atom stereocenters. The van der Waals surface area contributed by atoms with Crippen LogP contribution >= 0.6 is 11.6 Å². The molecule has 0 aliphatic carbocycles. The Hall–Kier alpha value is -0.680. The fourth-order valence-corrected chi connectivity index (χ4v) is 2.45. The second kappa shape index (κ2) is 6.48. The molecule has 1 aromatic carbocycles. The van der Waals surface area contributed by atoms with Gasteiger partial charge < -0.3 is 9.84 Å². The van der Waals surface area contributed by atoms with E-state index in [2.05, 4.69) is 4.90 Å². The normalized spacial score (nSPS) is 21.2.